The maximum absolute atomic E-state index is 12.8. The molecule has 0 aliphatic heterocycles. The van der Waals surface area contributed by atoms with E-state index in [1.165, 1.54) is 23.0 Å². The predicted molar refractivity (Wildman–Crippen MR) is 135 cm³/mol. The van der Waals surface area contributed by atoms with Gasteiger partial charge in [0.25, 0.3) is 0 Å². The second-order valence-corrected chi connectivity index (χ2v) is 9.60. The zero-order valence-corrected chi connectivity index (χ0v) is 21.0. The number of carboxylic acids is 1. The first-order chi connectivity index (χ1) is 16.7. The number of amides is 2. The number of aliphatic carboxylic acids is 1. The van der Waals surface area contributed by atoms with Gasteiger partial charge in [-0.05, 0) is 54.4 Å². The number of benzene rings is 2. The van der Waals surface area contributed by atoms with Gasteiger partial charge < -0.3 is 20.1 Å². The quantitative estimate of drug-likeness (QED) is 0.477. The van der Waals surface area contributed by atoms with Gasteiger partial charge in [-0.3, -0.25) is 4.79 Å². The van der Waals surface area contributed by atoms with Gasteiger partial charge in [0.2, 0.25) is 5.91 Å². The van der Waals surface area contributed by atoms with Crippen molar-refractivity contribution in [2.75, 3.05) is 19.7 Å². The fraction of sp³-hybridized carbons (Fsp3) is 0.464. The Morgan fingerprint density at radius 3 is 2.09 bits per heavy atom. The minimum absolute atomic E-state index is 0.0168. The van der Waals surface area contributed by atoms with Gasteiger partial charge in [-0.2, -0.15) is 0 Å². The molecule has 0 fully saturated rings. The molecule has 0 saturated heterocycles. The SMILES string of the molecule is CCN(C(=O)CC(CNC(=O)OCC1c2ccccc2-c2ccccc21)CC(C)C)C(C)C(=O)O. The molecule has 7 heteroatoms. The highest BCUT2D eigenvalue weighted by Crippen LogP contribution is 2.44. The third-order valence-electron chi connectivity index (χ3n) is 6.63. The van der Waals surface area contributed by atoms with Crippen molar-refractivity contribution >= 4 is 18.0 Å². The molecule has 35 heavy (non-hydrogen) atoms. The normalized spacial score (nSPS) is 14.1. The van der Waals surface area contributed by atoms with E-state index in [0.717, 1.165) is 17.5 Å². The van der Waals surface area contributed by atoms with E-state index in [1.54, 1.807) is 6.92 Å². The number of carboxylic acid groups (broad SMARTS) is 1. The number of carbonyl (C=O) groups is 3. The number of rotatable bonds is 11. The Morgan fingerprint density at radius 1 is 1.00 bits per heavy atom. The van der Waals surface area contributed by atoms with Crippen molar-refractivity contribution in [3.63, 3.8) is 0 Å². The van der Waals surface area contributed by atoms with E-state index in [2.05, 4.69) is 43.4 Å². The summed E-state index contributed by atoms with van der Waals surface area (Å²) in [6.45, 7) is 8.23. The van der Waals surface area contributed by atoms with Crippen molar-refractivity contribution in [3.8, 4) is 11.1 Å². The molecule has 1 aliphatic carbocycles. The number of carbonyl (C=O) groups excluding carboxylic acids is 2. The lowest BCUT2D eigenvalue weighted by atomic mass is 9.93. The van der Waals surface area contributed by atoms with Crippen molar-refractivity contribution in [2.24, 2.45) is 11.8 Å². The van der Waals surface area contributed by atoms with Crippen LogP contribution in [0.4, 0.5) is 4.79 Å². The highest BCUT2D eigenvalue weighted by Gasteiger charge is 2.30. The Morgan fingerprint density at radius 2 is 1.57 bits per heavy atom. The molecular formula is C28H36N2O5. The molecular weight excluding hydrogens is 444 g/mol. The summed E-state index contributed by atoms with van der Waals surface area (Å²) >= 11 is 0. The van der Waals surface area contributed by atoms with Crippen LogP contribution in [0.1, 0.15) is 57.6 Å². The smallest absolute Gasteiger partial charge is 0.407 e. The Kier molecular flexibility index (Phi) is 8.90. The van der Waals surface area contributed by atoms with E-state index >= 15 is 0 Å². The van der Waals surface area contributed by atoms with E-state index in [0.29, 0.717) is 19.0 Å². The number of likely N-dealkylation sites (N-methyl/N-ethyl adjacent to an activating group) is 1. The molecule has 3 rings (SSSR count). The largest absolute Gasteiger partial charge is 0.480 e. The standard InChI is InChI=1S/C28H36N2O5/c1-5-30(19(4)27(32)33)26(31)15-20(14-18(2)3)16-29-28(34)35-17-25-23-12-8-6-10-21(23)22-11-7-9-13-24(22)25/h6-13,18-20,25H,5,14-17H2,1-4H3,(H,29,34)(H,32,33). The van der Waals surface area contributed by atoms with E-state index in [-0.39, 0.29) is 30.8 Å². The molecule has 0 radical (unpaired) electrons. The molecule has 7 nitrogen and oxygen atoms in total. The van der Waals surface area contributed by atoms with Gasteiger partial charge in [0.05, 0.1) is 0 Å². The number of ether oxygens (including phenoxy) is 1. The van der Waals surface area contributed by atoms with Gasteiger partial charge in [0.15, 0.2) is 0 Å². The first-order valence-corrected chi connectivity index (χ1v) is 12.3. The summed E-state index contributed by atoms with van der Waals surface area (Å²) in [6.07, 6.45) is 0.390. The van der Waals surface area contributed by atoms with Crippen LogP contribution in [0.5, 0.6) is 0 Å². The van der Waals surface area contributed by atoms with E-state index in [9.17, 15) is 19.5 Å². The van der Waals surface area contributed by atoms with E-state index in [1.807, 2.05) is 24.3 Å². The third kappa shape index (κ3) is 6.41. The minimum Gasteiger partial charge on any atom is -0.480 e. The summed E-state index contributed by atoms with van der Waals surface area (Å²) in [5.74, 6) is -1.06. The number of fused-ring (bicyclic) bond motifs is 3. The van der Waals surface area contributed by atoms with Gasteiger partial charge >= 0.3 is 12.1 Å². The Balaban J connectivity index is 1.58. The highest BCUT2D eigenvalue weighted by molar-refractivity contribution is 5.83. The van der Waals surface area contributed by atoms with Gasteiger partial charge in [0, 0.05) is 25.4 Å². The molecule has 2 atom stereocenters. The summed E-state index contributed by atoms with van der Waals surface area (Å²) in [5.41, 5.74) is 4.64. The monoisotopic (exact) mass is 480 g/mol. The van der Waals surface area contributed by atoms with Gasteiger partial charge in [-0.1, -0.05) is 62.4 Å². The fourth-order valence-corrected chi connectivity index (χ4v) is 4.95. The summed E-state index contributed by atoms with van der Waals surface area (Å²) in [6, 6.07) is 15.5. The molecule has 2 aromatic carbocycles. The number of alkyl carbamates (subject to hydrolysis) is 1. The summed E-state index contributed by atoms with van der Waals surface area (Å²) in [7, 11) is 0. The van der Waals surface area contributed by atoms with Crippen LogP contribution in [0.2, 0.25) is 0 Å². The van der Waals surface area contributed by atoms with Crippen LogP contribution in [0.25, 0.3) is 11.1 Å². The van der Waals surface area contributed by atoms with Crippen LogP contribution in [-0.2, 0) is 14.3 Å². The number of nitrogens with one attached hydrogen (secondary N) is 1. The molecule has 2 N–H and O–H groups in total. The summed E-state index contributed by atoms with van der Waals surface area (Å²) in [5, 5.41) is 12.1. The molecule has 0 bridgehead atoms. The lowest BCUT2D eigenvalue weighted by Gasteiger charge is -2.28. The Bertz CT molecular complexity index is 1010. The molecule has 0 spiro atoms. The first-order valence-electron chi connectivity index (χ1n) is 12.3. The molecule has 2 amide bonds. The maximum atomic E-state index is 12.8. The summed E-state index contributed by atoms with van der Waals surface area (Å²) in [4.78, 5) is 38.1. The molecule has 0 saturated carbocycles. The average Bonchev–Trinajstić information content (AvgIpc) is 3.15. The van der Waals surface area contributed by atoms with Gasteiger partial charge in [-0.25, -0.2) is 9.59 Å². The first kappa shape index (κ1) is 26.3. The molecule has 0 aromatic heterocycles. The molecule has 0 heterocycles. The van der Waals surface area contributed by atoms with Crippen molar-refractivity contribution in [1.82, 2.24) is 10.2 Å². The molecule has 188 valence electrons. The lowest BCUT2D eigenvalue weighted by Crippen LogP contribution is -2.44. The van der Waals surface area contributed by atoms with Crippen molar-refractivity contribution in [1.29, 1.82) is 0 Å². The van der Waals surface area contributed by atoms with Crippen LogP contribution in [0.15, 0.2) is 48.5 Å². The van der Waals surface area contributed by atoms with Crippen LogP contribution in [0.3, 0.4) is 0 Å². The molecule has 1 aliphatic rings. The zero-order chi connectivity index (χ0) is 25.5. The fourth-order valence-electron chi connectivity index (χ4n) is 4.95. The topological polar surface area (TPSA) is 95.9 Å². The van der Waals surface area contributed by atoms with Crippen LogP contribution < -0.4 is 5.32 Å². The Labute approximate surface area is 207 Å². The Hall–Kier alpha value is -3.35. The lowest BCUT2D eigenvalue weighted by molar-refractivity contribution is -0.149. The minimum atomic E-state index is -1.03. The predicted octanol–water partition coefficient (Wildman–Crippen LogP) is 4.90. The van der Waals surface area contributed by atoms with Crippen LogP contribution >= 0.6 is 0 Å². The third-order valence-corrected chi connectivity index (χ3v) is 6.63. The average molecular weight is 481 g/mol. The second kappa shape index (κ2) is 11.9. The van der Waals surface area contributed by atoms with Crippen LogP contribution in [0, 0.1) is 11.8 Å². The van der Waals surface area contributed by atoms with Crippen molar-refractivity contribution < 1.29 is 24.2 Å². The molecule has 2 aromatic rings. The zero-order valence-electron chi connectivity index (χ0n) is 21.0. The van der Waals surface area contributed by atoms with Gasteiger partial charge in [0.1, 0.15) is 12.6 Å². The maximum Gasteiger partial charge on any atom is 0.407 e. The summed E-state index contributed by atoms with van der Waals surface area (Å²) < 4.78 is 5.62. The number of hydrogen-bond donors (Lipinski definition) is 2. The number of hydrogen-bond acceptors (Lipinski definition) is 4. The van der Waals surface area contributed by atoms with E-state index < -0.39 is 18.1 Å². The highest BCUT2D eigenvalue weighted by atomic mass is 16.5. The van der Waals surface area contributed by atoms with Crippen LogP contribution in [-0.4, -0.2) is 53.7 Å². The second-order valence-electron chi connectivity index (χ2n) is 9.60. The number of nitrogens with zero attached hydrogens (tertiary/aromatic N) is 1. The van der Waals surface area contributed by atoms with E-state index in [4.69, 9.17) is 4.74 Å². The van der Waals surface area contributed by atoms with Crippen molar-refractivity contribution in [2.45, 2.75) is 52.5 Å². The van der Waals surface area contributed by atoms with Crippen molar-refractivity contribution in [3.05, 3.63) is 59.7 Å². The molecule has 2 unspecified atom stereocenters. The van der Waals surface area contributed by atoms with Gasteiger partial charge in [-0.15, -0.1) is 0 Å².